The summed E-state index contributed by atoms with van der Waals surface area (Å²) in [6.07, 6.45) is -1.26. The minimum atomic E-state index is -4.73. The van der Waals surface area contributed by atoms with E-state index in [-0.39, 0.29) is 28.4 Å². The van der Waals surface area contributed by atoms with Gasteiger partial charge in [-0.15, -0.1) is 11.8 Å². The molecule has 6 nitrogen and oxygen atoms in total. The lowest BCUT2D eigenvalue weighted by molar-refractivity contribution is -0.137. The minimum absolute atomic E-state index is 0.0802. The number of nitrogens with one attached hydrogen (secondary N) is 1. The normalized spacial score (nSPS) is 16.9. The lowest BCUT2D eigenvalue weighted by Crippen LogP contribution is -2.33. The van der Waals surface area contributed by atoms with Crippen LogP contribution in [0.25, 0.3) is 21.9 Å². The fraction of sp³-hybridized carbons (Fsp3) is 0.211. The van der Waals surface area contributed by atoms with Crippen LogP contribution in [0.15, 0.2) is 51.1 Å². The van der Waals surface area contributed by atoms with Crippen LogP contribution in [-0.4, -0.2) is 24.9 Å². The summed E-state index contributed by atoms with van der Waals surface area (Å²) in [5, 5.41) is 0.181. The Kier molecular flexibility index (Phi) is 4.26. The number of hydrogen-bond acceptors (Lipinski definition) is 4. The molecule has 4 heterocycles. The number of pyridine rings is 1. The van der Waals surface area contributed by atoms with E-state index in [9.17, 15) is 22.8 Å². The van der Waals surface area contributed by atoms with Gasteiger partial charge in [0.2, 0.25) is 0 Å². The molecule has 1 N–H and O–H groups in total. The van der Waals surface area contributed by atoms with Gasteiger partial charge in [0, 0.05) is 30.1 Å². The Morgan fingerprint density at radius 1 is 1.27 bits per heavy atom. The molecule has 0 spiro atoms. The average Bonchev–Trinajstić information content (AvgIpc) is 3.00. The summed E-state index contributed by atoms with van der Waals surface area (Å²) in [6, 6.07) is 5.99. The zero-order chi connectivity index (χ0) is 21.2. The van der Waals surface area contributed by atoms with Crippen LogP contribution in [0.3, 0.4) is 0 Å². The van der Waals surface area contributed by atoms with E-state index < -0.39 is 28.0 Å². The van der Waals surface area contributed by atoms with Crippen molar-refractivity contribution in [3.8, 4) is 0 Å². The number of hydrogen-bond donors (Lipinski definition) is 1. The lowest BCUT2D eigenvalue weighted by Gasteiger charge is -2.18. The van der Waals surface area contributed by atoms with E-state index in [1.807, 2.05) is 22.9 Å². The van der Waals surface area contributed by atoms with Crippen LogP contribution in [0.1, 0.15) is 11.6 Å². The van der Waals surface area contributed by atoms with Gasteiger partial charge >= 0.3 is 11.9 Å². The number of aromatic amines is 1. The molecule has 0 aliphatic carbocycles. The van der Waals surface area contributed by atoms with Crippen LogP contribution in [0.4, 0.5) is 13.2 Å². The van der Waals surface area contributed by atoms with Gasteiger partial charge < -0.3 is 4.57 Å². The smallest absolute Gasteiger partial charge is 0.327 e. The first-order valence-electron chi connectivity index (χ1n) is 8.86. The van der Waals surface area contributed by atoms with E-state index in [2.05, 4.69) is 9.97 Å². The van der Waals surface area contributed by atoms with E-state index in [1.165, 1.54) is 4.57 Å². The van der Waals surface area contributed by atoms with E-state index in [0.29, 0.717) is 17.5 Å². The van der Waals surface area contributed by atoms with Crippen molar-refractivity contribution in [2.24, 2.45) is 0 Å². The first-order valence-corrected chi connectivity index (χ1v) is 10.2. The molecule has 1 aromatic carbocycles. The maximum absolute atomic E-state index is 13.5. The fourth-order valence-corrected chi connectivity index (χ4v) is 5.44. The molecule has 0 bridgehead atoms. The number of H-pyrrole nitrogens is 1. The minimum Gasteiger partial charge on any atom is -0.327 e. The van der Waals surface area contributed by atoms with Crippen molar-refractivity contribution in [1.82, 2.24) is 19.1 Å². The highest BCUT2D eigenvalue weighted by atomic mass is 35.5. The maximum Gasteiger partial charge on any atom is 0.417 e. The second-order valence-electron chi connectivity index (χ2n) is 6.94. The highest BCUT2D eigenvalue weighted by Crippen LogP contribution is 2.45. The van der Waals surface area contributed by atoms with Crippen molar-refractivity contribution in [1.29, 1.82) is 0 Å². The van der Waals surface area contributed by atoms with Gasteiger partial charge in [-0.1, -0.05) is 11.6 Å². The molecule has 11 heteroatoms. The van der Waals surface area contributed by atoms with Gasteiger partial charge in [-0.3, -0.25) is 14.3 Å². The molecule has 5 rings (SSSR count). The summed E-state index contributed by atoms with van der Waals surface area (Å²) in [5.74, 6) is 0.339. The molecule has 0 radical (unpaired) electrons. The molecule has 1 aliphatic rings. The SMILES string of the molecule is O=c1[nH]c(=O)n2c3c(c(Cl)c(C(F)(F)F)cc13)SC[C@@H](n1ccc3cccnc31)C2. The quantitative estimate of drug-likeness (QED) is 0.473. The predicted molar refractivity (Wildman–Crippen MR) is 108 cm³/mol. The van der Waals surface area contributed by atoms with Crippen molar-refractivity contribution in [3.63, 3.8) is 0 Å². The Balaban J connectivity index is 1.76. The van der Waals surface area contributed by atoms with Crippen LogP contribution in [-0.2, 0) is 12.7 Å². The summed E-state index contributed by atoms with van der Waals surface area (Å²) in [4.78, 5) is 31.5. The Morgan fingerprint density at radius 2 is 2.07 bits per heavy atom. The molecule has 0 fully saturated rings. The lowest BCUT2D eigenvalue weighted by atomic mass is 10.1. The van der Waals surface area contributed by atoms with Gasteiger partial charge in [0.05, 0.1) is 32.4 Å². The van der Waals surface area contributed by atoms with E-state index in [0.717, 1.165) is 17.1 Å². The van der Waals surface area contributed by atoms with Gasteiger partial charge in [-0.25, -0.2) is 9.78 Å². The second kappa shape index (κ2) is 6.64. The molecule has 1 aliphatic heterocycles. The number of rotatable bonds is 1. The van der Waals surface area contributed by atoms with Crippen molar-refractivity contribution < 1.29 is 13.2 Å². The molecule has 30 heavy (non-hydrogen) atoms. The van der Waals surface area contributed by atoms with Gasteiger partial charge in [-0.05, 0) is 24.3 Å². The third kappa shape index (κ3) is 2.85. The summed E-state index contributed by atoms with van der Waals surface area (Å²) in [6.45, 7) is 0.147. The van der Waals surface area contributed by atoms with Crippen LogP contribution in [0, 0.1) is 0 Å². The maximum atomic E-state index is 13.5. The standard InChI is InChI=1S/C19H12ClF3N4O2S/c20-13-12(19(21,22)23)6-11-14-15(13)30-8-10(7-27(14)18(29)25-17(11)28)26-5-3-9-2-1-4-24-16(9)26/h1-6,10H,7-8H2,(H,25,28,29)/t10-/m0/s1. The molecule has 1 atom stereocenters. The van der Waals surface area contributed by atoms with Crippen LogP contribution >= 0.6 is 23.4 Å². The average molecular weight is 453 g/mol. The van der Waals surface area contributed by atoms with Crippen molar-refractivity contribution in [2.45, 2.75) is 23.7 Å². The molecule has 0 saturated carbocycles. The zero-order valence-electron chi connectivity index (χ0n) is 15.0. The number of aromatic nitrogens is 4. The molecule has 0 amide bonds. The number of benzene rings is 1. The number of nitrogens with zero attached hydrogens (tertiary/aromatic N) is 3. The molecule has 3 aromatic heterocycles. The molecule has 0 saturated heterocycles. The highest BCUT2D eigenvalue weighted by Gasteiger charge is 2.37. The van der Waals surface area contributed by atoms with E-state index in [1.54, 1.807) is 12.3 Å². The molecule has 0 unspecified atom stereocenters. The van der Waals surface area contributed by atoms with Crippen molar-refractivity contribution in [3.05, 3.63) is 68.1 Å². The highest BCUT2D eigenvalue weighted by molar-refractivity contribution is 7.99. The summed E-state index contributed by atoms with van der Waals surface area (Å²) in [5.41, 5.74) is -1.84. The summed E-state index contributed by atoms with van der Waals surface area (Å²) in [7, 11) is 0. The van der Waals surface area contributed by atoms with Crippen LogP contribution < -0.4 is 11.2 Å². The summed E-state index contributed by atoms with van der Waals surface area (Å²) < 4.78 is 43.7. The Morgan fingerprint density at radius 3 is 2.83 bits per heavy atom. The molecular formula is C19H12ClF3N4O2S. The number of halogens is 4. The van der Waals surface area contributed by atoms with Crippen molar-refractivity contribution in [2.75, 3.05) is 5.75 Å². The topological polar surface area (TPSA) is 72.7 Å². The summed E-state index contributed by atoms with van der Waals surface area (Å²) >= 11 is 7.23. The monoisotopic (exact) mass is 452 g/mol. The predicted octanol–water partition coefficient (Wildman–Crippen LogP) is 4.06. The first-order chi connectivity index (χ1) is 14.3. The van der Waals surface area contributed by atoms with Crippen LogP contribution in [0.5, 0.6) is 0 Å². The number of thioether (sulfide) groups is 1. The largest absolute Gasteiger partial charge is 0.417 e. The third-order valence-corrected chi connectivity index (χ3v) is 6.91. The fourth-order valence-electron chi connectivity index (χ4n) is 3.80. The number of fused-ring (bicyclic) bond motifs is 1. The van der Waals surface area contributed by atoms with Crippen molar-refractivity contribution >= 4 is 45.3 Å². The molecule has 154 valence electrons. The van der Waals surface area contributed by atoms with Gasteiger partial charge in [0.15, 0.2) is 0 Å². The Labute approximate surface area is 175 Å². The van der Waals surface area contributed by atoms with Gasteiger partial charge in [-0.2, -0.15) is 13.2 Å². The molecule has 4 aromatic rings. The van der Waals surface area contributed by atoms with Gasteiger partial charge in [0.25, 0.3) is 5.56 Å². The number of alkyl halides is 3. The Bertz CT molecular complexity index is 1440. The first kappa shape index (κ1) is 19.3. The van der Waals surface area contributed by atoms with Crippen LogP contribution in [0.2, 0.25) is 5.02 Å². The molecular weight excluding hydrogens is 441 g/mol. The Hall–Kier alpha value is -2.72. The van der Waals surface area contributed by atoms with Gasteiger partial charge in [0.1, 0.15) is 5.65 Å². The third-order valence-electron chi connectivity index (χ3n) is 5.16. The zero-order valence-corrected chi connectivity index (χ0v) is 16.6. The van der Waals surface area contributed by atoms with E-state index >= 15 is 0 Å². The second-order valence-corrected chi connectivity index (χ2v) is 8.34. The van der Waals surface area contributed by atoms with E-state index in [4.69, 9.17) is 11.6 Å².